The van der Waals surface area contributed by atoms with E-state index in [9.17, 15) is 0 Å². The van der Waals surface area contributed by atoms with E-state index in [0.29, 0.717) is 0 Å². The average Bonchev–Trinajstić information content (AvgIpc) is 2.68. The molecule has 0 aliphatic heterocycles. The van der Waals surface area contributed by atoms with Crippen molar-refractivity contribution in [3.05, 3.63) is 60.7 Å². The zero-order chi connectivity index (χ0) is 17.7. The van der Waals surface area contributed by atoms with E-state index < -0.39 is 0 Å². The van der Waals surface area contributed by atoms with Crippen LogP contribution in [0.4, 0.5) is 0 Å². The molecule has 2 rings (SSSR count). The Morgan fingerprint density at radius 1 is 0.560 bits per heavy atom. The fourth-order valence-electron chi connectivity index (χ4n) is 3.17. The highest BCUT2D eigenvalue weighted by atomic mass is 31.1. The van der Waals surface area contributed by atoms with E-state index in [2.05, 4.69) is 74.5 Å². The molecule has 0 saturated heterocycles. The molecule has 2 heteroatoms. The zero-order valence-electron chi connectivity index (χ0n) is 16.0. The molecule has 0 nitrogen and oxygen atoms in total. The lowest BCUT2D eigenvalue weighted by atomic mass is 10.4. The Labute approximate surface area is 158 Å². The van der Waals surface area contributed by atoms with Gasteiger partial charge in [0.15, 0.2) is 0 Å². The van der Waals surface area contributed by atoms with Gasteiger partial charge in [-0.25, -0.2) is 0 Å². The summed E-state index contributed by atoms with van der Waals surface area (Å²) in [6, 6.07) is 22.4. The van der Waals surface area contributed by atoms with E-state index in [1.807, 2.05) is 0 Å². The van der Waals surface area contributed by atoms with E-state index in [4.69, 9.17) is 0 Å². The number of hydrogen-bond acceptors (Lipinski definition) is 0. The maximum Gasteiger partial charge on any atom is -0.0195 e. The summed E-state index contributed by atoms with van der Waals surface area (Å²) in [5.74, 6) is 0. The summed E-state index contributed by atoms with van der Waals surface area (Å²) < 4.78 is 0. The van der Waals surface area contributed by atoms with Gasteiger partial charge < -0.3 is 0 Å². The molecule has 0 aliphatic rings. The van der Waals surface area contributed by atoms with Crippen LogP contribution in [0.5, 0.6) is 0 Å². The largest absolute Gasteiger partial charge is 0.107 e. The first-order valence-corrected chi connectivity index (χ1v) is 13.4. The summed E-state index contributed by atoms with van der Waals surface area (Å²) in [6.07, 6.45) is 12.8. The first-order chi connectivity index (χ1) is 12.3. The molecule has 0 aliphatic carbocycles. The number of benzene rings is 2. The standard InChI is InChI=1S/C23H34P2/c1-3-5-18-24(19-6-4-2)20-13-21-25(22-14-9-7-10-15-22)23-16-11-8-12-17-23/h7-12,14-17H,3-6,13,18-21H2,1-2H3. The maximum absolute atomic E-state index is 2.33. The second kappa shape index (κ2) is 12.6. The van der Waals surface area contributed by atoms with E-state index in [-0.39, 0.29) is 15.8 Å². The van der Waals surface area contributed by atoms with Gasteiger partial charge in [0, 0.05) is 0 Å². The van der Waals surface area contributed by atoms with Crippen LogP contribution in [-0.2, 0) is 0 Å². The molecule has 0 heterocycles. The van der Waals surface area contributed by atoms with Crippen molar-refractivity contribution in [2.75, 3.05) is 24.6 Å². The molecule has 0 atom stereocenters. The summed E-state index contributed by atoms with van der Waals surface area (Å²) >= 11 is 0. The van der Waals surface area contributed by atoms with Gasteiger partial charge in [-0.05, 0) is 62.4 Å². The molecular formula is C23H34P2. The smallest absolute Gasteiger partial charge is 0.0195 e. The third-order valence-corrected chi connectivity index (χ3v) is 10.1. The molecule has 0 radical (unpaired) electrons. The SMILES string of the molecule is CCCCP(CCCC)CCCP(c1ccccc1)c1ccccc1. The third kappa shape index (κ3) is 7.60. The van der Waals surface area contributed by atoms with Crippen molar-refractivity contribution in [1.82, 2.24) is 0 Å². The predicted octanol–water partition coefficient (Wildman–Crippen LogP) is 6.59. The Morgan fingerprint density at radius 2 is 1.00 bits per heavy atom. The Hall–Kier alpha value is -0.700. The second-order valence-corrected chi connectivity index (χ2v) is 11.7. The van der Waals surface area contributed by atoms with Gasteiger partial charge in [-0.2, -0.15) is 0 Å². The van der Waals surface area contributed by atoms with Crippen molar-refractivity contribution < 1.29 is 0 Å². The van der Waals surface area contributed by atoms with Crippen molar-refractivity contribution in [3.8, 4) is 0 Å². The topological polar surface area (TPSA) is 0 Å². The fraction of sp³-hybridized carbons (Fsp3) is 0.478. The highest BCUT2D eigenvalue weighted by Crippen LogP contribution is 2.41. The van der Waals surface area contributed by atoms with Crippen LogP contribution in [0.15, 0.2) is 60.7 Å². The predicted molar refractivity (Wildman–Crippen MR) is 120 cm³/mol. The molecule has 0 bridgehead atoms. The first-order valence-electron chi connectivity index (χ1n) is 9.95. The van der Waals surface area contributed by atoms with Crippen LogP contribution in [0, 0.1) is 0 Å². The highest BCUT2D eigenvalue weighted by Gasteiger charge is 2.14. The van der Waals surface area contributed by atoms with Gasteiger partial charge in [0.05, 0.1) is 0 Å². The van der Waals surface area contributed by atoms with Crippen LogP contribution in [-0.4, -0.2) is 24.6 Å². The van der Waals surface area contributed by atoms with Gasteiger partial charge in [0.2, 0.25) is 0 Å². The molecular weight excluding hydrogens is 338 g/mol. The minimum absolute atomic E-state index is 0.197. The number of hydrogen-bond donors (Lipinski definition) is 0. The van der Waals surface area contributed by atoms with Crippen LogP contribution < -0.4 is 10.6 Å². The molecule has 25 heavy (non-hydrogen) atoms. The monoisotopic (exact) mass is 372 g/mol. The van der Waals surface area contributed by atoms with Gasteiger partial charge in [-0.15, -0.1) is 7.92 Å². The molecule has 0 fully saturated rings. The molecule has 0 spiro atoms. The summed E-state index contributed by atoms with van der Waals surface area (Å²) in [7, 11) is 0.0725. The van der Waals surface area contributed by atoms with Crippen molar-refractivity contribution in [2.45, 2.75) is 46.0 Å². The zero-order valence-corrected chi connectivity index (χ0v) is 17.8. The maximum atomic E-state index is 2.33. The minimum atomic E-state index is -0.197. The Kier molecular flexibility index (Phi) is 10.4. The van der Waals surface area contributed by atoms with E-state index in [1.165, 1.54) is 67.4 Å². The summed E-state index contributed by atoms with van der Waals surface area (Å²) in [4.78, 5) is 0. The summed E-state index contributed by atoms with van der Waals surface area (Å²) in [5.41, 5.74) is 0. The summed E-state index contributed by atoms with van der Waals surface area (Å²) in [6.45, 7) is 4.66. The molecule has 0 aromatic heterocycles. The van der Waals surface area contributed by atoms with Crippen molar-refractivity contribution >= 4 is 26.5 Å². The van der Waals surface area contributed by atoms with Gasteiger partial charge in [0.25, 0.3) is 0 Å². The quantitative estimate of drug-likeness (QED) is 0.369. The van der Waals surface area contributed by atoms with E-state index in [0.717, 1.165) is 0 Å². The van der Waals surface area contributed by atoms with E-state index in [1.54, 1.807) is 0 Å². The average molecular weight is 372 g/mol. The van der Waals surface area contributed by atoms with Crippen LogP contribution in [0.2, 0.25) is 0 Å². The third-order valence-electron chi connectivity index (χ3n) is 4.65. The fourth-order valence-corrected chi connectivity index (χ4v) is 8.58. The Bertz CT molecular complexity index is 505. The molecule has 0 saturated carbocycles. The van der Waals surface area contributed by atoms with Crippen LogP contribution in [0.25, 0.3) is 0 Å². The highest BCUT2D eigenvalue weighted by molar-refractivity contribution is 7.73. The van der Waals surface area contributed by atoms with Gasteiger partial charge >= 0.3 is 0 Å². The molecule has 2 aromatic rings. The van der Waals surface area contributed by atoms with Crippen molar-refractivity contribution in [2.24, 2.45) is 0 Å². The van der Waals surface area contributed by atoms with Gasteiger partial charge in [0.1, 0.15) is 0 Å². The second-order valence-electron chi connectivity index (χ2n) is 6.73. The van der Waals surface area contributed by atoms with Crippen LogP contribution >= 0.6 is 15.8 Å². The Balaban J connectivity index is 1.97. The van der Waals surface area contributed by atoms with Gasteiger partial charge in [-0.3, -0.25) is 0 Å². The summed E-state index contributed by atoms with van der Waals surface area (Å²) in [5, 5.41) is 3.07. The molecule has 0 amide bonds. The van der Waals surface area contributed by atoms with Gasteiger partial charge in [-0.1, -0.05) is 87.4 Å². The molecule has 136 valence electrons. The normalized spacial score (nSPS) is 11.4. The number of rotatable bonds is 12. The lowest BCUT2D eigenvalue weighted by Gasteiger charge is -2.21. The number of unbranched alkanes of at least 4 members (excludes halogenated alkanes) is 2. The van der Waals surface area contributed by atoms with Crippen LogP contribution in [0.1, 0.15) is 46.0 Å². The van der Waals surface area contributed by atoms with Crippen molar-refractivity contribution in [3.63, 3.8) is 0 Å². The lowest BCUT2D eigenvalue weighted by Crippen LogP contribution is -2.14. The molecule has 0 unspecified atom stereocenters. The molecule has 2 aromatic carbocycles. The van der Waals surface area contributed by atoms with Crippen molar-refractivity contribution in [1.29, 1.82) is 0 Å². The van der Waals surface area contributed by atoms with E-state index >= 15 is 0 Å². The Morgan fingerprint density at radius 3 is 1.44 bits per heavy atom. The van der Waals surface area contributed by atoms with Crippen LogP contribution in [0.3, 0.4) is 0 Å². The molecule has 0 N–H and O–H groups in total. The first kappa shape index (κ1) is 20.6. The minimum Gasteiger partial charge on any atom is -0.107 e. The lowest BCUT2D eigenvalue weighted by molar-refractivity contribution is 0.863.